The minimum absolute atomic E-state index is 0.0316. The number of aromatic nitrogens is 3. The number of carbonyl (C=O) groups is 1. The normalized spacial score (nSPS) is 18.7. The molecule has 0 radical (unpaired) electrons. The molecule has 1 aromatic heterocycles. The van der Waals surface area contributed by atoms with Crippen molar-refractivity contribution in [2.24, 2.45) is 0 Å². The molecule has 0 saturated carbocycles. The van der Waals surface area contributed by atoms with E-state index in [1.165, 1.54) is 4.68 Å². The molecule has 0 aliphatic carbocycles. The summed E-state index contributed by atoms with van der Waals surface area (Å²) in [6.45, 7) is 0.530. The van der Waals surface area contributed by atoms with Crippen molar-refractivity contribution in [3.63, 3.8) is 0 Å². The van der Waals surface area contributed by atoms with E-state index in [4.69, 9.17) is 4.74 Å². The predicted molar refractivity (Wildman–Crippen MR) is 107 cm³/mol. The molecular weight excluding hydrogens is 372 g/mol. The third-order valence-corrected chi connectivity index (χ3v) is 4.99. The number of para-hydroxylation sites is 1. The Kier molecular flexibility index (Phi) is 5.50. The Bertz CT molecular complexity index is 1080. The summed E-state index contributed by atoms with van der Waals surface area (Å²) in [5.74, 6) is 0.638. The van der Waals surface area contributed by atoms with Crippen LogP contribution < -0.4 is 26.5 Å². The molecule has 2 unspecified atom stereocenters. The first-order valence-corrected chi connectivity index (χ1v) is 9.41. The maximum absolute atomic E-state index is 12.5. The summed E-state index contributed by atoms with van der Waals surface area (Å²) in [4.78, 5) is 24.9. The Labute approximate surface area is 167 Å². The third kappa shape index (κ3) is 3.96. The molecule has 9 nitrogen and oxygen atoms in total. The molecule has 3 aromatic rings. The summed E-state index contributed by atoms with van der Waals surface area (Å²) >= 11 is 0. The van der Waals surface area contributed by atoms with Gasteiger partial charge in [-0.05, 0) is 24.6 Å². The number of nitrogens with one attached hydrogen (secondary N) is 3. The minimum Gasteiger partial charge on any atom is -0.496 e. The summed E-state index contributed by atoms with van der Waals surface area (Å²) in [5, 5.41) is 11.3. The number of methoxy groups -OCH3 is 1. The van der Waals surface area contributed by atoms with Crippen LogP contribution >= 0.6 is 0 Å². The lowest BCUT2D eigenvalue weighted by molar-refractivity contribution is -0.122. The second kappa shape index (κ2) is 8.38. The van der Waals surface area contributed by atoms with Gasteiger partial charge in [0.25, 0.3) is 5.56 Å². The highest BCUT2D eigenvalue weighted by molar-refractivity contribution is 5.82. The Morgan fingerprint density at radius 1 is 1.21 bits per heavy atom. The average Bonchev–Trinajstić information content (AvgIpc) is 3.25. The van der Waals surface area contributed by atoms with Gasteiger partial charge in [-0.3, -0.25) is 9.59 Å². The van der Waals surface area contributed by atoms with Crippen molar-refractivity contribution < 1.29 is 9.53 Å². The van der Waals surface area contributed by atoms with Crippen LogP contribution in [-0.2, 0) is 11.3 Å². The number of hydrogen-bond acceptors (Lipinski definition) is 7. The van der Waals surface area contributed by atoms with Crippen LogP contribution in [0.4, 0.5) is 0 Å². The molecule has 2 atom stereocenters. The molecule has 2 aromatic carbocycles. The zero-order valence-electron chi connectivity index (χ0n) is 16.0. The van der Waals surface area contributed by atoms with E-state index in [1.807, 2.05) is 30.3 Å². The fraction of sp³-hybridized carbons (Fsp3) is 0.300. The highest BCUT2D eigenvalue weighted by atomic mass is 16.5. The second-order valence-electron chi connectivity index (χ2n) is 6.80. The van der Waals surface area contributed by atoms with Crippen molar-refractivity contribution >= 4 is 16.8 Å². The maximum atomic E-state index is 12.5. The standard InChI is InChI=1S/C20H22N6O3/c1-29-18-9-5-3-6-13(18)16-12-17(23-22-16)19(27)21-10-11-26-20(28)14-7-2-4-8-15(14)24-25-26/h2-9,16-17,22-23H,10-12H2,1H3,(H,21,27). The highest BCUT2D eigenvalue weighted by Gasteiger charge is 2.31. The number of hydrogen-bond donors (Lipinski definition) is 3. The topological polar surface area (TPSA) is 110 Å². The number of rotatable bonds is 6. The van der Waals surface area contributed by atoms with Crippen molar-refractivity contribution in [3.8, 4) is 5.75 Å². The van der Waals surface area contributed by atoms with Gasteiger partial charge < -0.3 is 10.1 Å². The zero-order chi connectivity index (χ0) is 20.2. The smallest absolute Gasteiger partial charge is 0.277 e. The summed E-state index contributed by atoms with van der Waals surface area (Å²) < 4.78 is 6.66. The highest BCUT2D eigenvalue weighted by Crippen LogP contribution is 2.29. The lowest BCUT2D eigenvalue weighted by atomic mass is 10.0. The minimum atomic E-state index is -0.385. The number of hydrazine groups is 1. The number of benzene rings is 2. The van der Waals surface area contributed by atoms with Gasteiger partial charge in [0, 0.05) is 12.1 Å². The van der Waals surface area contributed by atoms with Crippen LogP contribution in [0.1, 0.15) is 18.0 Å². The molecule has 3 N–H and O–H groups in total. The van der Waals surface area contributed by atoms with Gasteiger partial charge in [0.1, 0.15) is 17.3 Å². The number of nitrogens with zero attached hydrogens (tertiary/aromatic N) is 3. The van der Waals surface area contributed by atoms with Gasteiger partial charge in [-0.25, -0.2) is 15.5 Å². The summed E-state index contributed by atoms with van der Waals surface area (Å²) in [7, 11) is 1.63. The van der Waals surface area contributed by atoms with Gasteiger partial charge in [-0.2, -0.15) is 0 Å². The molecule has 0 spiro atoms. The van der Waals surface area contributed by atoms with Crippen molar-refractivity contribution in [1.29, 1.82) is 0 Å². The second-order valence-corrected chi connectivity index (χ2v) is 6.80. The number of fused-ring (bicyclic) bond motifs is 1. The van der Waals surface area contributed by atoms with E-state index < -0.39 is 0 Å². The number of carbonyl (C=O) groups excluding carboxylic acids is 1. The van der Waals surface area contributed by atoms with Crippen LogP contribution in [0.15, 0.2) is 53.3 Å². The molecule has 0 bridgehead atoms. The Morgan fingerprint density at radius 3 is 2.86 bits per heavy atom. The summed E-state index contributed by atoms with van der Waals surface area (Å²) in [6.07, 6.45) is 0.585. The first-order chi connectivity index (χ1) is 14.2. The monoisotopic (exact) mass is 394 g/mol. The molecule has 1 fully saturated rings. The lowest BCUT2D eigenvalue weighted by Crippen LogP contribution is -2.44. The van der Waals surface area contributed by atoms with Crippen LogP contribution in [0.5, 0.6) is 5.75 Å². The summed E-state index contributed by atoms with van der Waals surface area (Å²) in [5.41, 5.74) is 7.51. The van der Waals surface area contributed by atoms with Gasteiger partial charge in [0.2, 0.25) is 5.91 Å². The molecule has 1 saturated heterocycles. The number of ether oxygens (including phenoxy) is 1. The fourth-order valence-electron chi connectivity index (χ4n) is 3.46. The largest absolute Gasteiger partial charge is 0.496 e. The lowest BCUT2D eigenvalue weighted by Gasteiger charge is -2.14. The molecule has 1 aliphatic rings. The van der Waals surface area contributed by atoms with Gasteiger partial charge in [0.15, 0.2) is 0 Å². The molecule has 2 heterocycles. The average molecular weight is 394 g/mol. The molecule has 9 heteroatoms. The summed E-state index contributed by atoms with van der Waals surface area (Å²) in [6, 6.07) is 14.4. The Hall–Kier alpha value is -3.30. The predicted octanol–water partition coefficient (Wildman–Crippen LogP) is 0.524. The van der Waals surface area contributed by atoms with E-state index in [9.17, 15) is 9.59 Å². The van der Waals surface area contributed by atoms with Crippen molar-refractivity contribution in [1.82, 2.24) is 31.2 Å². The van der Waals surface area contributed by atoms with Crippen molar-refractivity contribution in [2.75, 3.05) is 13.7 Å². The van der Waals surface area contributed by atoms with Crippen molar-refractivity contribution in [2.45, 2.75) is 25.0 Å². The Balaban J connectivity index is 1.34. The van der Waals surface area contributed by atoms with Crippen LogP contribution in [0.3, 0.4) is 0 Å². The molecule has 1 aliphatic heterocycles. The van der Waals surface area contributed by atoms with Gasteiger partial charge in [0.05, 0.1) is 25.1 Å². The molecule has 1 amide bonds. The third-order valence-electron chi connectivity index (χ3n) is 4.99. The molecule has 150 valence electrons. The van der Waals surface area contributed by atoms with E-state index >= 15 is 0 Å². The van der Waals surface area contributed by atoms with Crippen LogP contribution in [-0.4, -0.2) is 40.6 Å². The molecule has 4 rings (SSSR count). The first kappa shape index (κ1) is 19.0. The first-order valence-electron chi connectivity index (χ1n) is 9.41. The van der Waals surface area contributed by atoms with E-state index in [0.29, 0.717) is 17.3 Å². The number of amides is 1. The molecule has 29 heavy (non-hydrogen) atoms. The quantitative estimate of drug-likeness (QED) is 0.559. The Morgan fingerprint density at radius 2 is 2.00 bits per heavy atom. The van der Waals surface area contributed by atoms with Crippen molar-refractivity contribution in [3.05, 3.63) is 64.4 Å². The van der Waals surface area contributed by atoms with Gasteiger partial charge in [-0.1, -0.05) is 35.5 Å². The van der Waals surface area contributed by atoms with Crippen LogP contribution in [0, 0.1) is 0 Å². The van der Waals surface area contributed by atoms with Crippen LogP contribution in [0.25, 0.3) is 10.9 Å². The van der Waals surface area contributed by atoms with E-state index in [-0.39, 0.29) is 36.6 Å². The van der Waals surface area contributed by atoms with E-state index in [2.05, 4.69) is 26.5 Å². The SMILES string of the molecule is COc1ccccc1C1CC(C(=O)NCCn2nnc3ccccc3c2=O)NN1. The van der Waals surface area contributed by atoms with E-state index in [1.54, 1.807) is 25.3 Å². The van der Waals surface area contributed by atoms with Gasteiger partial charge in [-0.15, -0.1) is 5.10 Å². The van der Waals surface area contributed by atoms with Gasteiger partial charge >= 0.3 is 0 Å². The van der Waals surface area contributed by atoms with Crippen LogP contribution in [0.2, 0.25) is 0 Å². The molecular formula is C20H22N6O3. The van der Waals surface area contributed by atoms with E-state index in [0.717, 1.165) is 11.3 Å². The maximum Gasteiger partial charge on any atom is 0.277 e. The zero-order valence-corrected chi connectivity index (χ0v) is 16.0. The fourth-order valence-corrected chi connectivity index (χ4v) is 3.46.